The monoisotopic (exact) mass is 718 g/mol. The van der Waals surface area contributed by atoms with E-state index in [-0.39, 0.29) is 8.41 Å². The van der Waals surface area contributed by atoms with Crippen molar-refractivity contribution in [3.63, 3.8) is 0 Å². The molecule has 0 bridgehead atoms. The molecule has 0 atom stereocenters. The van der Waals surface area contributed by atoms with E-state index in [0.717, 1.165) is 37.7 Å². The highest BCUT2D eigenvalue weighted by atomic mass is 16.5. The quantitative estimate of drug-likeness (QED) is 0.0313. The van der Waals surface area contributed by atoms with E-state index in [4.69, 9.17) is 4.74 Å². The van der Waals surface area contributed by atoms with Crippen molar-refractivity contribution in [1.82, 2.24) is 0 Å². The molecule has 0 aliphatic rings. The van der Waals surface area contributed by atoms with Gasteiger partial charge in [0.2, 0.25) is 0 Å². The summed E-state index contributed by atoms with van der Waals surface area (Å²) >= 11 is 0. The lowest BCUT2D eigenvalue weighted by Gasteiger charge is -1.96. The average molecular weight is 718 g/mol. The number of carbonyl (C=O) groups excluding carboxylic acids is 1. The lowest BCUT2D eigenvalue weighted by molar-refractivity contribution is -0.104. The van der Waals surface area contributed by atoms with E-state index in [9.17, 15) is 4.79 Å². The third-order valence-electron chi connectivity index (χ3n) is 7.24. The van der Waals surface area contributed by atoms with Crippen LogP contribution < -0.4 is 0 Å². The molecule has 0 fully saturated rings. The van der Waals surface area contributed by atoms with E-state index in [1.807, 2.05) is 19.1 Å². The molecule has 0 radical (unpaired) electrons. The summed E-state index contributed by atoms with van der Waals surface area (Å²) in [5.74, 6) is 0.836. The normalized spacial score (nSPS) is 14.4. The topological polar surface area (TPSA) is 26.3 Å². The van der Waals surface area contributed by atoms with Crippen molar-refractivity contribution in [2.24, 2.45) is 0 Å². The van der Waals surface area contributed by atoms with E-state index in [1.54, 1.807) is 26.2 Å². The number of aldehydes is 1. The van der Waals surface area contributed by atoms with Gasteiger partial charge in [0.15, 0.2) is 0 Å². The lowest BCUT2D eigenvalue weighted by atomic mass is 10.1. The Kier molecular flexibility index (Phi) is 35.6. The fraction of sp³-hybridized carbons (Fsp3) is 0.340. The molecule has 53 heavy (non-hydrogen) atoms. The summed E-state index contributed by atoms with van der Waals surface area (Å²) in [4.78, 5) is 10.1. The van der Waals surface area contributed by atoms with Gasteiger partial charge < -0.3 is 4.74 Å². The SMILES string of the molecule is CC(C)=CCC/C(C)=C/C=C/C(C)=C/C=C/C(C)=C/C=C/C=C(C)/C=C/C=C(C)/C=C/C=C(\C)CCC=C(C)C.CO/C(C)=C/C=C/C=C(\C)C=O.[BH4-]. The Balaban J connectivity index is -0.00000163. The summed E-state index contributed by atoms with van der Waals surface area (Å²) in [6.45, 7) is 25.1. The molecule has 2 nitrogen and oxygen atoms in total. The van der Waals surface area contributed by atoms with Crippen molar-refractivity contribution in [3.05, 3.63) is 190 Å². The van der Waals surface area contributed by atoms with Gasteiger partial charge in [-0.3, -0.25) is 4.79 Å². The third kappa shape index (κ3) is 40.0. The molecule has 0 saturated heterocycles. The number of allylic oxidation sites excluding steroid dienone is 32. The minimum Gasteiger partial charge on any atom is -0.501 e. The summed E-state index contributed by atoms with van der Waals surface area (Å²) in [6, 6.07) is 0. The molecule has 0 amide bonds. The lowest BCUT2D eigenvalue weighted by Crippen LogP contribution is -1.76. The molecule has 0 aliphatic heterocycles. The number of carbonyl (C=O) groups is 1. The fourth-order valence-corrected chi connectivity index (χ4v) is 3.92. The van der Waals surface area contributed by atoms with Crippen LogP contribution >= 0.6 is 0 Å². The fourth-order valence-electron chi connectivity index (χ4n) is 3.92. The van der Waals surface area contributed by atoms with Crippen LogP contribution in [0.2, 0.25) is 0 Å². The van der Waals surface area contributed by atoms with Crippen LogP contribution in [0.25, 0.3) is 0 Å². The van der Waals surface area contributed by atoms with Gasteiger partial charge in [-0.05, 0) is 120 Å². The van der Waals surface area contributed by atoms with Gasteiger partial charge in [0, 0.05) is 0 Å². The molecule has 3 heteroatoms. The van der Waals surface area contributed by atoms with Crippen molar-refractivity contribution in [1.29, 1.82) is 0 Å². The highest BCUT2D eigenvalue weighted by molar-refractivity contribution is 5.75. The van der Waals surface area contributed by atoms with E-state index in [0.29, 0.717) is 5.57 Å². The molecule has 290 valence electrons. The summed E-state index contributed by atoms with van der Waals surface area (Å²) < 4.78 is 4.90. The van der Waals surface area contributed by atoms with Crippen molar-refractivity contribution in [3.8, 4) is 0 Å². The smallest absolute Gasteiger partial charge is 0.145 e. The zero-order valence-corrected chi connectivity index (χ0v) is 34.9. The first-order valence-electron chi connectivity index (χ1n) is 18.4. The standard InChI is InChI=1S/C40H56.C10H14O2.BH4/c1-33(2)19-13-23-37(7)27-17-31-39(9)29-15-25-35(5)21-11-12-22-36(6)26-16-30-40(10)32-18-28-38(8)24-14-20-34(3)4;1-9(8-11)6-4-5-7-10(2)12-3;/h11-12,15-22,25-32H,13-14,23-24H2,1-10H3;4-8H,1-3H3;1H4/q;;-1/b12-11+,25-15+,26-16+,31-17+,32-18+,35-21+,36-22+,37-27+,38-28+,39-29+,40-30+;5-4+,9-6+,10-7+;. The Bertz CT molecular complexity index is 1460. The zero-order valence-electron chi connectivity index (χ0n) is 34.9. The molecule has 0 aromatic carbocycles. The maximum atomic E-state index is 10.1. The molecule has 0 saturated carbocycles. The highest BCUT2D eigenvalue weighted by Gasteiger charge is 1.89. The van der Waals surface area contributed by atoms with Gasteiger partial charge in [-0.15, -0.1) is 0 Å². The highest BCUT2D eigenvalue weighted by Crippen LogP contribution is 2.09. The summed E-state index contributed by atoms with van der Waals surface area (Å²) in [7, 11) is 1.62. The molecule has 0 aliphatic carbocycles. The van der Waals surface area contributed by atoms with Crippen LogP contribution in [0.3, 0.4) is 0 Å². The van der Waals surface area contributed by atoms with Crippen LogP contribution in [0, 0.1) is 0 Å². The number of rotatable bonds is 20. The van der Waals surface area contributed by atoms with E-state index >= 15 is 0 Å². The van der Waals surface area contributed by atoms with Gasteiger partial charge in [-0.2, -0.15) is 0 Å². The van der Waals surface area contributed by atoms with Crippen LogP contribution in [0.5, 0.6) is 0 Å². The van der Waals surface area contributed by atoms with Gasteiger partial charge in [-0.1, -0.05) is 181 Å². The van der Waals surface area contributed by atoms with Crippen molar-refractivity contribution in [2.75, 3.05) is 7.11 Å². The third-order valence-corrected chi connectivity index (χ3v) is 7.24. The van der Waals surface area contributed by atoms with Gasteiger partial charge in [0.1, 0.15) is 6.29 Å². The van der Waals surface area contributed by atoms with Gasteiger partial charge in [0.25, 0.3) is 0 Å². The van der Waals surface area contributed by atoms with Crippen LogP contribution in [-0.4, -0.2) is 21.8 Å². The molecular weight excluding hydrogens is 643 g/mol. The molecule has 0 N–H and O–H groups in total. The molecular formula is C50H74BO2-. The first-order chi connectivity index (χ1) is 24.7. The summed E-state index contributed by atoms with van der Waals surface area (Å²) in [5.41, 5.74) is 11.2. The Labute approximate surface area is 328 Å². The van der Waals surface area contributed by atoms with Crippen LogP contribution in [0.15, 0.2) is 190 Å². The largest absolute Gasteiger partial charge is 0.501 e. The first kappa shape index (κ1) is 52.7. The predicted octanol–water partition coefficient (Wildman–Crippen LogP) is 13.7. The predicted molar refractivity (Wildman–Crippen MR) is 247 cm³/mol. The summed E-state index contributed by atoms with van der Waals surface area (Å²) in [5, 5.41) is 0. The summed E-state index contributed by atoms with van der Waals surface area (Å²) in [6.07, 6.45) is 51.3. The number of hydrogen-bond donors (Lipinski definition) is 0. The van der Waals surface area contributed by atoms with E-state index in [1.165, 1.54) is 44.6 Å². The zero-order chi connectivity index (χ0) is 39.6. The first-order valence-corrected chi connectivity index (χ1v) is 18.4. The molecule has 0 unspecified atom stereocenters. The molecule has 0 aromatic rings. The Morgan fingerprint density at radius 3 is 1.04 bits per heavy atom. The van der Waals surface area contributed by atoms with Gasteiger partial charge >= 0.3 is 0 Å². The second-order valence-corrected chi connectivity index (χ2v) is 13.5. The second kappa shape index (κ2) is 35.8. The van der Waals surface area contributed by atoms with Crippen LogP contribution in [0.1, 0.15) is 109 Å². The average Bonchev–Trinajstić information content (AvgIpc) is 3.08. The minimum absolute atomic E-state index is 0. The maximum absolute atomic E-state index is 10.1. The van der Waals surface area contributed by atoms with Crippen molar-refractivity contribution in [2.45, 2.75) is 109 Å². The molecule has 0 rings (SSSR count). The Morgan fingerprint density at radius 2 is 0.717 bits per heavy atom. The number of ether oxygens (including phenoxy) is 1. The number of hydrogen-bond acceptors (Lipinski definition) is 2. The van der Waals surface area contributed by atoms with Crippen molar-refractivity contribution >= 4 is 14.7 Å². The molecule has 0 spiro atoms. The van der Waals surface area contributed by atoms with Crippen LogP contribution in [-0.2, 0) is 9.53 Å². The molecule has 0 heterocycles. The van der Waals surface area contributed by atoms with Gasteiger partial charge in [-0.25, -0.2) is 0 Å². The maximum Gasteiger partial charge on any atom is 0.145 e. The van der Waals surface area contributed by atoms with E-state index < -0.39 is 0 Å². The van der Waals surface area contributed by atoms with Gasteiger partial charge in [0.05, 0.1) is 12.9 Å². The second-order valence-electron chi connectivity index (χ2n) is 13.5. The minimum atomic E-state index is 0. The Hall–Kier alpha value is -4.63. The van der Waals surface area contributed by atoms with E-state index in [2.05, 4.69) is 179 Å². The Morgan fingerprint density at radius 1 is 0.415 bits per heavy atom. The van der Waals surface area contributed by atoms with Crippen molar-refractivity contribution < 1.29 is 9.53 Å². The number of methoxy groups -OCH3 is 1. The van der Waals surface area contributed by atoms with Crippen LogP contribution in [0.4, 0.5) is 0 Å². The molecule has 0 aromatic heterocycles.